The van der Waals surface area contributed by atoms with Crippen LogP contribution in [0.4, 0.5) is 14.5 Å². The van der Waals surface area contributed by atoms with Gasteiger partial charge < -0.3 is 9.88 Å². The minimum Gasteiger partial charge on any atom is -0.345 e. The molecule has 0 spiro atoms. The van der Waals surface area contributed by atoms with Gasteiger partial charge >= 0.3 is 0 Å². The molecule has 2 atom stereocenters. The molecule has 2 aromatic rings. The molecule has 1 unspecified atom stereocenters. The van der Waals surface area contributed by atoms with Crippen molar-refractivity contribution in [3.05, 3.63) is 47.3 Å². The third-order valence-electron chi connectivity index (χ3n) is 5.34. The van der Waals surface area contributed by atoms with E-state index in [4.69, 9.17) is 4.78 Å². The molecule has 3 N–H and O–H groups in total. The first-order chi connectivity index (χ1) is 13.2. The third kappa shape index (κ3) is 3.68. The second-order valence-electron chi connectivity index (χ2n) is 7.60. The summed E-state index contributed by atoms with van der Waals surface area (Å²) >= 11 is 0. The highest BCUT2D eigenvalue weighted by molar-refractivity contribution is 7.90. The van der Waals surface area contributed by atoms with Crippen LogP contribution in [0.3, 0.4) is 0 Å². The Morgan fingerprint density at radius 3 is 2.75 bits per heavy atom. The summed E-state index contributed by atoms with van der Waals surface area (Å²) in [5, 5.41) is 2.56. The molecule has 1 saturated carbocycles. The summed E-state index contributed by atoms with van der Waals surface area (Å²) in [7, 11) is -1.58. The van der Waals surface area contributed by atoms with Crippen LogP contribution in [0.1, 0.15) is 41.7 Å². The van der Waals surface area contributed by atoms with Crippen LogP contribution in [0.25, 0.3) is 0 Å². The minimum absolute atomic E-state index is 0.0164. The molecular formula is C19H22F2N4O2S. The molecular weight excluding hydrogens is 386 g/mol. The summed E-state index contributed by atoms with van der Waals surface area (Å²) in [6, 6.07) is 3.12. The lowest BCUT2D eigenvalue weighted by Crippen LogP contribution is -2.33. The Morgan fingerprint density at radius 1 is 1.32 bits per heavy atom. The number of carbonyl (C=O) groups is 1. The fraction of sp³-hybridized carbons (Fsp3) is 0.421. The van der Waals surface area contributed by atoms with Crippen LogP contribution >= 0.6 is 0 Å². The van der Waals surface area contributed by atoms with Crippen LogP contribution < -0.4 is 10.0 Å². The van der Waals surface area contributed by atoms with E-state index < -0.39 is 27.5 Å². The molecule has 1 aromatic carbocycles. The second-order valence-corrected chi connectivity index (χ2v) is 9.39. The molecule has 0 saturated heterocycles. The average molecular weight is 408 g/mol. The molecule has 1 aliphatic heterocycles. The molecule has 0 bridgehead atoms. The average Bonchev–Trinajstić information content (AvgIpc) is 3.37. The Bertz CT molecular complexity index is 1040. The van der Waals surface area contributed by atoms with Crippen molar-refractivity contribution in [2.75, 3.05) is 5.32 Å². The van der Waals surface area contributed by atoms with E-state index in [1.165, 1.54) is 23.5 Å². The van der Waals surface area contributed by atoms with Gasteiger partial charge in [-0.3, -0.25) is 4.79 Å². The van der Waals surface area contributed by atoms with Crippen molar-refractivity contribution in [2.24, 2.45) is 13.0 Å². The molecule has 9 heteroatoms. The number of anilines is 1. The monoisotopic (exact) mass is 408 g/mol. The number of halogens is 2. The summed E-state index contributed by atoms with van der Waals surface area (Å²) in [4.78, 5) is 13.2. The molecule has 1 amide bonds. The second kappa shape index (κ2) is 6.97. The zero-order chi connectivity index (χ0) is 20.1. The Hall–Kier alpha value is -2.26. The number of hydrogen-bond donors (Lipinski definition) is 3. The molecule has 2 aliphatic rings. The number of nitrogens with zero attached hydrogens (tertiary/aromatic N) is 1. The number of carbonyl (C=O) groups excluding carboxylic acids is 1. The van der Waals surface area contributed by atoms with Crippen molar-refractivity contribution < 1.29 is 17.8 Å². The fourth-order valence-corrected chi connectivity index (χ4v) is 5.46. The number of nitrogens with one attached hydrogen (secondary N) is 3. The predicted octanol–water partition coefficient (Wildman–Crippen LogP) is 3.58. The van der Waals surface area contributed by atoms with E-state index in [9.17, 15) is 17.8 Å². The topological polar surface area (TPSA) is 87.0 Å². The van der Waals surface area contributed by atoms with E-state index in [2.05, 4.69) is 10.0 Å². The Kier molecular flexibility index (Phi) is 4.75. The number of aromatic nitrogens is 1. The number of benzene rings is 1. The minimum atomic E-state index is -3.23. The van der Waals surface area contributed by atoms with Crippen molar-refractivity contribution in [1.29, 1.82) is 4.78 Å². The van der Waals surface area contributed by atoms with Crippen molar-refractivity contribution in [2.45, 2.75) is 43.0 Å². The van der Waals surface area contributed by atoms with Crippen molar-refractivity contribution in [3.63, 3.8) is 0 Å². The maximum absolute atomic E-state index is 13.4. The van der Waals surface area contributed by atoms with E-state index >= 15 is 0 Å². The summed E-state index contributed by atoms with van der Waals surface area (Å²) in [6.07, 6.45) is 6.01. The Balaban J connectivity index is 1.63. The molecule has 28 heavy (non-hydrogen) atoms. The van der Waals surface area contributed by atoms with Gasteiger partial charge in [-0.15, -0.1) is 0 Å². The quantitative estimate of drug-likeness (QED) is 0.722. The van der Waals surface area contributed by atoms with Gasteiger partial charge in [-0.1, -0.05) is 12.8 Å². The lowest BCUT2D eigenvalue weighted by molar-refractivity contribution is 0.101. The van der Waals surface area contributed by atoms with Crippen LogP contribution in [0.5, 0.6) is 0 Å². The van der Waals surface area contributed by atoms with E-state index in [1.54, 1.807) is 13.2 Å². The maximum Gasteiger partial charge on any atom is 0.272 e. The van der Waals surface area contributed by atoms with E-state index in [1.807, 2.05) is 0 Å². The highest BCUT2D eigenvalue weighted by Gasteiger charge is 2.33. The van der Waals surface area contributed by atoms with Gasteiger partial charge in [0.2, 0.25) is 0 Å². The highest BCUT2D eigenvalue weighted by atomic mass is 32.2. The number of amides is 1. The van der Waals surface area contributed by atoms with E-state index in [0.717, 1.165) is 18.6 Å². The zero-order valence-electron chi connectivity index (χ0n) is 15.4. The molecule has 4 rings (SSSR count). The van der Waals surface area contributed by atoms with Gasteiger partial charge in [-0.05, 0) is 37.3 Å². The van der Waals surface area contributed by atoms with Crippen molar-refractivity contribution >= 4 is 21.5 Å². The van der Waals surface area contributed by atoms with Crippen LogP contribution in [0.2, 0.25) is 0 Å². The third-order valence-corrected chi connectivity index (χ3v) is 6.98. The molecule has 0 radical (unpaired) electrons. The smallest absolute Gasteiger partial charge is 0.272 e. The molecule has 2 heterocycles. The van der Waals surface area contributed by atoms with Gasteiger partial charge in [0, 0.05) is 36.6 Å². The number of fused-ring (bicyclic) bond motifs is 1. The standard InChI is InChI=1S/C19H22F2N4O2S/c1-25-10-17-14(6-4-13(8-11-2-3-11)24-28(17,22)27)18(25)19(26)23-12-5-7-15(20)16(21)9-12/h5,7,9-11,13H,2-4,6,8H2,1H3,(H,23,26)(H2,22,24,27)/t13-,28?/m1/s1. The summed E-state index contributed by atoms with van der Waals surface area (Å²) in [5.41, 5.74) is 0.991. The first kappa shape index (κ1) is 19.1. The fourth-order valence-electron chi connectivity index (χ4n) is 3.80. The predicted molar refractivity (Wildman–Crippen MR) is 101 cm³/mol. The molecule has 1 fully saturated rings. The van der Waals surface area contributed by atoms with E-state index in [-0.39, 0.29) is 17.4 Å². The molecule has 150 valence electrons. The van der Waals surface area contributed by atoms with Gasteiger partial charge in [0.25, 0.3) is 5.91 Å². The number of rotatable bonds is 4. The first-order valence-electron chi connectivity index (χ1n) is 9.25. The lowest BCUT2D eigenvalue weighted by atomic mass is 10.0. The van der Waals surface area contributed by atoms with Crippen LogP contribution in [0, 0.1) is 22.3 Å². The summed E-state index contributed by atoms with van der Waals surface area (Å²) in [6.45, 7) is 0. The van der Waals surface area contributed by atoms with Gasteiger partial charge in [0.15, 0.2) is 11.6 Å². The molecule has 6 nitrogen and oxygen atoms in total. The largest absolute Gasteiger partial charge is 0.345 e. The molecule has 1 aliphatic carbocycles. The highest BCUT2D eigenvalue weighted by Crippen LogP contribution is 2.36. The van der Waals surface area contributed by atoms with Gasteiger partial charge in [-0.25, -0.2) is 22.5 Å². The number of aryl methyl sites for hydroxylation is 1. The van der Waals surface area contributed by atoms with Crippen molar-refractivity contribution in [1.82, 2.24) is 9.29 Å². The first-order valence-corrected chi connectivity index (χ1v) is 10.8. The number of hydrogen-bond acceptors (Lipinski definition) is 3. The lowest BCUT2D eigenvalue weighted by Gasteiger charge is -2.16. The van der Waals surface area contributed by atoms with E-state index in [0.29, 0.717) is 29.2 Å². The molecule has 1 aromatic heterocycles. The Morgan fingerprint density at radius 2 is 2.07 bits per heavy atom. The van der Waals surface area contributed by atoms with Crippen LogP contribution in [-0.2, 0) is 23.4 Å². The van der Waals surface area contributed by atoms with Crippen molar-refractivity contribution in [3.8, 4) is 0 Å². The van der Waals surface area contributed by atoms with Gasteiger partial charge in [0.05, 0.1) is 4.90 Å². The van der Waals surface area contributed by atoms with Gasteiger partial charge in [0.1, 0.15) is 15.6 Å². The van der Waals surface area contributed by atoms with Crippen LogP contribution in [-0.4, -0.2) is 20.7 Å². The maximum atomic E-state index is 13.4. The van der Waals surface area contributed by atoms with Crippen LogP contribution in [0.15, 0.2) is 29.3 Å². The summed E-state index contributed by atoms with van der Waals surface area (Å²) in [5.74, 6) is -1.92. The summed E-state index contributed by atoms with van der Waals surface area (Å²) < 4.78 is 52.4. The zero-order valence-corrected chi connectivity index (χ0v) is 16.2. The SMILES string of the molecule is Cn1cc2c(c1C(=O)Nc1ccc(F)c(F)c1)CC[C@H](CC1CC1)NS2(=N)=O. The normalized spacial score (nSPS) is 24.5. The Labute approximate surface area is 162 Å². The van der Waals surface area contributed by atoms with Gasteiger partial charge in [-0.2, -0.15) is 0 Å².